The molecule has 1 fully saturated rings. The zero-order valence-corrected chi connectivity index (χ0v) is 15.9. The molecule has 31 heavy (non-hydrogen) atoms. The number of carbonyl (C=O) groups is 1. The maximum absolute atomic E-state index is 14.7. The van der Waals surface area contributed by atoms with Gasteiger partial charge >= 0.3 is 12.1 Å². The fourth-order valence-corrected chi connectivity index (χ4v) is 4.14. The van der Waals surface area contributed by atoms with Crippen molar-refractivity contribution in [2.45, 2.75) is 62.3 Å². The Balaban J connectivity index is 1.73. The smallest absolute Gasteiger partial charge is 0.435 e. The number of carbonyl (C=O) groups excluding carboxylic acids is 1. The van der Waals surface area contributed by atoms with Crippen LogP contribution in [0.25, 0.3) is 0 Å². The number of ether oxygens (including phenoxy) is 1. The molecule has 4 nitrogen and oxygen atoms in total. The van der Waals surface area contributed by atoms with Gasteiger partial charge in [-0.25, -0.2) is 22.4 Å². The second kappa shape index (κ2) is 7.23. The van der Waals surface area contributed by atoms with E-state index in [4.69, 9.17) is 4.74 Å². The fourth-order valence-electron chi connectivity index (χ4n) is 4.14. The molecule has 0 bridgehead atoms. The van der Waals surface area contributed by atoms with Crippen LogP contribution >= 0.6 is 0 Å². The summed E-state index contributed by atoms with van der Waals surface area (Å²) in [6.45, 7) is 0. The third-order valence-electron chi connectivity index (χ3n) is 5.63. The Hall–Kier alpha value is -2.59. The van der Waals surface area contributed by atoms with E-state index < -0.39 is 72.4 Å². The molecular formula is C20H17F7N2O2. The normalized spacial score (nSPS) is 22.9. The largest absolute Gasteiger partial charge is 0.447 e. The van der Waals surface area contributed by atoms with E-state index in [1.165, 1.54) is 24.3 Å². The van der Waals surface area contributed by atoms with Gasteiger partial charge in [-0.1, -0.05) is 18.2 Å². The lowest BCUT2D eigenvalue weighted by molar-refractivity contribution is -0.147. The van der Waals surface area contributed by atoms with E-state index in [9.17, 15) is 35.5 Å². The third-order valence-corrected chi connectivity index (χ3v) is 5.63. The van der Waals surface area contributed by atoms with Gasteiger partial charge in [-0.05, 0) is 25.0 Å². The van der Waals surface area contributed by atoms with Gasteiger partial charge in [0.1, 0.15) is 0 Å². The van der Waals surface area contributed by atoms with Crippen molar-refractivity contribution < 1.29 is 40.3 Å². The first-order valence-corrected chi connectivity index (χ1v) is 9.59. The van der Waals surface area contributed by atoms with Crippen molar-refractivity contribution in [1.82, 2.24) is 9.78 Å². The van der Waals surface area contributed by atoms with Gasteiger partial charge in [0.15, 0.2) is 11.8 Å². The van der Waals surface area contributed by atoms with Crippen LogP contribution in [0, 0.1) is 0 Å². The molecule has 1 aromatic heterocycles. The summed E-state index contributed by atoms with van der Waals surface area (Å²) in [5.41, 5.74) is -3.01. The number of hydrogen-bond acceptors (Lipinski definition) is 3. The molecule has 4 rings (SSSR count). The number of alkyl halides is 7. The Bertz CT molecular complexity index is 975. The number of esters is 1. The van der Waals surface area contributed by atoms with Gasteiger partial charge in [0.05, 0.1) is 29.3 Å². The molecule has 0 N–H and O–H groups in total. The quantitative estimate of drug-likeness (QED) is 0.443. The van der Waals surface area contributed by atoms with Crippen molar-refractivity contribution in [2.24, 2.45) is 0 Å². The molecule has 2 aliphatic rings. The van der Waals surface area contributed by atoms with E-state index in [1.807, 2.05) is 0 Å². The first kappa shape index (κ1) is 21.6. The highest BCUT2D eigenvalue weighted by Gasteiger charge is 2.58. The maximum Gasteiger partial charge on any atom is 0.435 e. The minimum absolute atomic E-state index is 0.0952. The molecule has 11 heteroatoms. The third kappa shape index (κ3) is 4.01. The Kier molecular flexibility index (Phi) is 5.05. The van der Waals surface area contributed by atoms with E-state index in [1.54, 1.807) is 6.07 Å². The molecule has 1 saturated carbocycles. The summed E-state index contributed by atoms with van der Waals surface area (Å²) in [4.78, 5) is 12.3. The van der Waals surface area contributed by atoms with Crippen LogP contribution in [0.15, 0.2) is 30.3 Å². The van der Waals surface area contributed by atoms with Crippen molar-refractivity contribution >= 4 is 5.97 Å². The first-order valence-electron chi connectivity index (χ1n) is 9.59. The maximum atomic E-state index is 14.7. The van der Waals surface area contributed by atoms with Crippen LogP contribution in [0.1, 0.15) is 65.1 Å². The number of aromatic nitrogens is 2. The zero-order chi connectivity index (χ0) is 22.6. The molecule has 1 heterocycles. The van der Waals surface area contributed by atoms with Gasteiger partial charge in [-0.2, -0.15) is 18.3 Å². The molecule has 0 unspecified atom stereocenters. The van der Waals surface area contributed by atoms with Gasteiger partial charge in [0, 0.05) is 12.8 Å². The van der Waals surface area contributed by atoms with Crippen LogP contribution in [-0.2, 0) is 17.3 Å². The molecule has 0 spiro atoms. The molecule has 168 valence electrons. The lowest BCUT2D eigenvalue weighted by Crippen LogP contribution is -2.30. The predicted octanol–water partition coefficient (Wildman–Crippen LogP) is 5.74. The van der Waals surface area contributed by atoms with Crippen LogP contribution < -0.4 is 0 Å². The van der Waals surface area contributed by atoms with Crippen LogP contribution in [-0.4, -0.2) is 27.6 Å². The summed E-state index contributed by atoms with van der Waals surface area (Å²) in [5, 5.41) is 3.49. The molecular weight excluding hydrogens is 433 g/mol. The van der Waals surface area contributed by atoms with Gasteiger partial charge in [0.25, 0.3) is 5.92 Å². The number of halogens is 7. The van der Waals surface area contributed by atoms with Crippen LogP contribution in [0.2, 0.25) is 0 Å². The number of rotatable bonds is 3. The van der Waals surface area contributed by atoms with Gasteiger partial charge in [-0.15, -0.1) is 0 Å². The van der Waals surface area contributed by atoms with E-state index in [0.717, 1.165) is 4.68 Å². The van der Waals surface area contributed by atoms with Crippen molar-refractivity contribution in [3.05, 3.63) is 52.8 Å². The number of hydrogen-bond donors (Lipinski definition) is 0. The van der Waals surface area contributed by atoms with Crippen molar-refractivity contribution in [3.8, 4) is 0 Å². The fraction of sp³-hybridized carbons (Fsp3) is 0.500. The zero-order valence-electron chi connectivity index (χ0n) is 15.9. The number of fused-ring (bicyclic) bond motifs is 1. The molecule has 0 saturated heterocycles. The van der Waals surface area contributed by atoms with Gasteiger partial charge in [-0.3, -0.25) is 4.68 Å². The van der Waals surface area contributed by atoms with Crippen LogP contribution in [0.5, 0.6) is 0 Å². The molecule has 2 aliphatic carbocycles. The number of nitrogens with zero attached hydrogens (tertiary/aromatic N) is 2. The summed E-state index contributed by atoms with van der Waals surface area (Å²) in [7, 11) is 0. The minimum Gasteiger partial charge on any atom is -0.447 e. The lowest BCUT2D eigenvalue weighted by atomic mass is 9.92. The molecule has 2 aromatic rings. The summed E-state index contributed by atoms with van der Waals surface area (Å²) >= 11 is 0. The van der Waals surface area contributed by atoms with Crippen molar-refractivity contribution in [1.29, 1.82) is 0 Å². The number of benzene rings is 1. The Morgan fingerprint density at radius 3 is 2.26 bits per heavy atom. The monoisotopic (exact) mass is 450 g/mol. The molecule has 1 atom stereocenters. The van der Waals surface area contributed by atoms with E-state index in [2.05, 4.69) is 5.10 Å². The highest BCUT2D eigenvalue weighted by Crippen LogP contribution is 2.52. The van der Waals surface area contributed by atoms with Crippen LogP contribution in [0.4, 0.5) is 30.7 Å². The van der Waals surface area contributed by atoms with E-state index in [-0.39, 0.29) is 18.4 Å². The Labute approximate surface area is 172 Å². The minimum atomic E-state index is -5.09. The summed E-state index contributed by atoms with van der Waals surface area (Å²) in [5.74, 6) is -7.95. The van der Waals surface area contributed by atoms with E-state index >= 15 is 0 Å². The van der Waals surface area contributed by atoms with E-state index in [0.29, 0.717) is 0 Å². The van der Waals surface area contributed by atoms with Gasteiger partial charge in [0.2, 0.25) is 5.92 Å². The Morgan fingerprint density at radius 2 is 1.68 bits per heavy atom. The van der Waals surface area contributed by atoms with Crippen molar-refractivity contribution in [3.63, 3.8) is 0 Å². The highest BCUT2D eigenvalue weighted by molar-refractivity contribution is 5.89. The highest BCUT2D eigenvalue weighted by atomic mass is 19.4. The standard InChI is InChI=1S/C20H17F7N2O2/c21-18(22)8-6-12(7-9-18)29-13-10-19(23,24)16(14(13)15(28-29)20(25,26)27)31-17(30)11-4-2-1-3-5-11/h1-5,12,16H,6-10H2/t16-/m0/s1. The second-order valence-corrected chi connectivity index (χ2v) is 7.83. The van der Waals surface area contributed by atoms with Crippen LogP contribution in [0.3, 0.4) is 0 Å². The summed E-state index contributed by atoms with van der Waals surface area (Å²) < 4.78 is 103. The molecule has 0 amide bonds. The van der Waals surface area contributed by atoms with Gasteiger partial charge < -0.3 is 4.74 Å². The Morgan fingerprint density at radius 1 is 1.06 bits per heavy atom. The van der Waals surface area contributed by atoms with Crippen molar-refractivity contribution in [2.75, 3.05) is 0 Å². The average molecular weight is 450 g/mol. The average Bonchev–Trinajstić information content (AvgIpc) is 3.16. The molecule has 1 aromatic carbocycles. The lowest BCUT2D eigenvalue weighted by Gasteiger charge is -2.29. The molecule has 0 radical (unpaired) electrons. The summed E-state index contributed by atoms with van der Waals surface area (Å²) in [6.07, 6.45) is -10.2. The first-order chi connectivity index (χ1) is 14.4. The summed E-state index contributed by atoms with van der Waals surface area (Å²) in [6, 6.07) is 6.17. The second-order valence-electron chi connectivity index (χ2n) is 7.83. The topological polar surface area (TPSA) is 44.1 Å². The predicted molar refractivity (Wildman–Crippen MR) is 92.9 cm³/mol. The molecule has 0 aliphatic heterocycles. The SMILES string of the molecule is O=C(O[C@H]1c2c(C(F)(F)F)nn(C3CCC(F)(F)CC3)c2CC1(F)F)c1ccccc1.